The van der Waals surface area contributed by atoms with Crippen LogP contribution in [0.3, 0.4) is 0 Å². The van der Waals surface area contributed by atoms with Crippen LogP contribution in [0.25, 0.3) is 0 Å². The smallest absolute Gasteiger partial charge is 0.0370 e. The van der Waals surface area contributed by atoms with Crippen molar-refractivity contribution >= 4 is 0 Å². The quantitative estimate of drug-likeness (QED) is 0.246. The number of allylic oxidation sites excluding steroid dienone is 8. The zero-order valence-electron chi connectivity index (χ0n) is 33.8. The van der Waals surface area contributed by atoms with E-state index in [-0.39, 0.29) is 10.8 Å². The first-order chi connectivity index (χ1) is 22.0. The molecule has 0 fully saturated rings. The zero-order chi connectivity index (χ0) is 36.8. The molecule has 0 amide bonds. The third-order valence-corrected chi connectivity index (χ3v) is 8.74. The summed E-state index contributed by atoms with van der Waals surface area (Å²) in [5, 5.41) is 0. The first-order valence-corrected chi connectivity index (χ1v) is 18.4. The Hall–Kier alpha value is -2.62. The van der Waals surface area contributed by atoms with Gasteiger partial charge in [-0.2, -0.15) is 0 Å². The van der Waals surface area contributed by atoms with Crippen LogP contribution in [0.4, 0.5) is 0 Å². The van der Waals surface area contributed by atoms with E-state index in [0.717, 1.165) is 25.0 Å². The van der Waals surface area contributed by atoms with Gasteiger partial charge in [0, 0.05) is 23.2 Å². The summed E-state index contributed by atoms with van der Waals surface area (Å²) in [5.74, 6) is 0. The van der Waals surface area contributed by atoms with Crippen molar-refractivity contribution < 1.29 is 0 Å². The van der Waals surface area contributed by atoms with Gasteiger partial charge in [0.15, 0.2) is 0 Å². The fourth-order valence-electron chi connectivity index (χ4n) is 5.52. The maximum Gasteiger partial charge on any atom is 0.0370 e. The molecular weight excluding hydrogens is 571 g/mol. The van der Waals surface area contributed by atoms with Gasteiger partial charge in [0.05, 0.1) is 0 Å². The monoisotopic (exact) mass is 648 g/mol. The van der Waals surface area contributed by atoms with Gasteiger partial charge in [0.25, 0.3) is 0 Å². The number of unbranched alkanes of at least 4 members (excludes halogenated alkanes) is 1. The normalized spacial score (nSPS) is 20.0. The van der Waals surface area contributed by atoms with E-state index < -0.39 is 0 Å². The molecule has 2 unspecified atom stereocenters. The zero-order valence-corrected chi connectivity index (χ0v) is 33.8. The van der Waals surface area contributed by atoms with Crippen molar-refractivity contribution in [3.63, 3.8) is 0 Å². The highest BCUT2D eigenvalue weighted by Gasteiger charge is 2.33. The first-order valence-electron chi connectivity index (χ1n) is 18.4. The number of nitrogens with one attached hydrogen (secondary N) is 2. The number of benzene rings is 1. The van der Waals surface area contributed by atoms with E-state index in [1.165, 1.54) is 40.7 Å². The van der Waals surface area contributed by atoms with Crippen molar-refractivity contribution in [1.82, 2.24) is 10.9 Å². The molecule has 2 atom stereocenters. The van der Waals surface area contributed by atoms with Crippen LogP contribution >= 0.6 is 0 Å². The van der Waals surface area contributed by atoms with Crippen molar-refractivity contribution in [1.29, 1.82) is 0 Å². The molecule has 0 bridgehead atoms. The molecule has 47 heavy (non-hydrogen) atoms. The van der Waals surface area contributed by atoms with Crippen LogP contribution < -0.4 is 16.6 Å². The van der Waals surface area contributed by atoms with E-state index in [0.29, 0.717) is 17.5 Å². The van der Waals surface area contributed by atoms with Crippen molar-refractivity contribution in [2.24, 2.45) is 16.6 Å². The van der Waals surface area contributed by atoms with Crippen LogP contribution in [0, 0.1) is 10.8 Å². The lowest BCUT2D eigenvalue weighted by Gasteiger charge is -2.36. The van der Waals surface area contributed by atoms with Gasteiger partial charge < -0.3 is 5.73 Å². The number of hydrogen-bond donors (Lipinski definition) is 3. The summed E-state index contributed by atoms with van der Waals surface area (Å²) in [6.07, 6.45) is 18.7. The Labute approximate surface area is 294 Å². The Balaban J connectivity index is 0. The summed E-state index contributed by atoms with van der Waals surface area (Å²) in [5.41, 5.74) is 20.9. The average Bonchev–Trinajstić information content (AvgIpc) is 3.20. The van der Waals surface area contributed by atoms with Crippen molar-refractivity contribution in [2.75, 3.05) is 0 Å². The maximum atomic E-state index is 6.48. The Bertz CT molecular complexity index is 1160. The first kappa shape index (κ1) is 46.5. The maximum absolute atomic E-state index is 6.48. The second kappa shape index (κ2) is 23.7. The number of hydrazine groups is 1. The van der Waals surface area contributed by atoms with Gasteiger partial charge in [-0.1, -0.05) is 168 Å². The second-order valence-corrected chi connectivity index (χ2v) is 14.5. The molecule has 1 aromatic carbocycles. The van der Waals surface area contributed by atoms with E-state index in [2.05, 4.69) is 161 Å². The molecule has 0 saturated heterocycles. The Morgan fingerprint density at radius 2 is 1.43 bits per heavy atom. The Morgan fingerprint density at radius 3 is 1.91 bits per heavy atom. The van der Waals surface area contributed by atoms with Crippen LogP contribution in [0.2, 0.25) is 0 Å². The molecule has 3 rings (SSSR count). The van der Waals surface area contributed by atoms with Crippen molar-refractivity contribution in [3.8, 4) is 0 Å². The minimum atomic E-state index is -0.0252. The summed E-state index contributed by atoms with van der Waals surface area (Å²) in [7, 11) is 0. The van der Waals surface area contributed by atoms with Crippen LogP contribution in [-0.4, -0.2) is 12.1 Å². The molecule has 1 heterocycles. The van der Waals surface area contributed by atoms with Crippen LogP contribution in [0.5, 0.6) is 0 Å². The Kier molecular flexibility index (Phi) is 23.4. The van der Waals surface area contributed by atoms with Crippen LogP contribution in [-0.2, 0) is 5.41 Å². The number of nitrogens with two attached hydrogens (primary N) is 1. The minimum Gasteiger partial charge on any atom is -0.399 e. The summed E-state index contributed by atoms with van der Waals surface area (Å²) >= 11 is 0. The molecule has 3 heteroatoms. The summed E-state index contributed by atoms with van der Waals surface area (Å²) < 4.78 is 0. The van der Waals surface area contributed by atoms with Gasteiger partial charge in [0.2, 0.25) is 0 Å². The second-order valence-electron chi connectivity index (χ2n) is 14.5. The van der Waals surface area contributed by atoms with Crippen LogP contribution in [0.15, 0.2) is 101 Å². The predicted molar refractivity (Wildman–Crippen MR) is 216 cm³/mol. The largest absolute Gasteiger partial charge is 0.399 e. The lowest BCUT2D eigenvalue weighted by atomic mass is 9.68. The van der Waals surface area contributed by atoms with Gasteiger partial charge in [-0.05, 0) is 80.6 Å². The van der Waals surface area contributed by atoms with Gasteiger partial charge in [-0.25, -0.2) is 0 Å². The minimum absolute atomic E-state index is 0.0252. The van der Waals surface area contributed by atoms with E-state index in [4.69, 9.17) is 5.73 Å². The highest BCUT2D eigenvalue weighted by Crippen LogP contribution is 2.45. The molecule has 268 valence electrons. The molecule has 3 nitrogen and oxygen atoms in total. The Morgan fingerprint density at radius 1 is 0.872 bits per heavy atom. The number of hydrogen-bond acceptors (Lipinski definition) is 3. The van der Waals surface area contributed by atoms with E-state index >= 15 is 0 Å². The van der Waals surface area contributed by atoms with Crippen molar-refractivity contribution in [2.45, 2.75) is 160 Å². The highest BCUT2D eigenvalue weighted by atomic mass is 15.4. The highest BCUT2D eigenvalue weighted by molar-refractivity contribution is 5.47. The third-order valence-electron chi connectivity index (χ3n) is 8.74. The molecule has 4 N–H and O–H groups in total. The van der Waals surface area contributed by atoms with Crippen LogP contribution in [0.1, 0.15) is 148 Å². The standard InChI is InChI=1S/C26H39N.C9H16N2.C5H10.2C2H6/c1-9-24(3,4)18-25(5,6)21-16-22(15-19(2)23(27)17-21)26(7,8)20-13-11-10-12-14-20;1-7-4-5-8(2)10-11-9(3)6-7;1-3-5-4-2;2*1-2/h10-14,16-17H,9,15,18,27H2,1-8H3;4-6,8-11H,1-3H3;3H,1,4-5H2,2H3;2*1-2H3/b;5-4-,7-6-;;;. The fraction of sp³-hybridized carbons (Fsp3) is 0.591. The molecule has 2 aliphatic rings. The summed E-state index contributed by atoms with van der Waals surface area (Å²) in [6.45, 7) is 38.7. The molecule has 1 aromatic rings. The molecule has 0 spiro atoms. The van der Waals surface area contributed by atoms with E-state index in [9.17, 15) is 0 Å². The molecule has 0 radical (unpaired) electrons. The van der Waals surface area contributed by atoms with Crippen molar-refractivity contribution in [3.05, 3.63) is 107 Å². The van der Waals surface area contributed by atoms with Gasteiger partial charge in [-0.3, -0.25) is 10.9 Å². The third kappa shape index (κ3) is 17.9. The fourth-order valence-corrected chi connectivity index (χ4v) is 5.52. The summed E-state index contributed by atoms with van der Waals surface area (Å²) in [6, 6.07) is 11.6. The molecule has 1 aliphatic heterocycles. The molecule has 1 aliphatic carbocycles. The lowest BCUT2D eigenvalue weighted by Crippen LogP contribution is -2.43. The van der Waals surface area contributed by atoms with Gasteiger partial charge in [-0.15, -0.1) is 6.58 Å². The predicted octanol–water partition coefficient (Wildman–Crippen LogP) is 12.7. The molecule has 0 saturated carbocycles. The lowest BCUT2D eigenvalue weighted by molar-refractivity contribution is 0.222. The average molecular weight is 648 g/mol. The molecule has 0 aromatic heterocycles. The number of rotatable bonds is 8. The van der Waals surface area contributed by atoms with Gasteiger partial charge >= 0.3 is 0 Å². The van der Waals surface area contributed by atoms with E-state index in [1.54, 1.807) is 0 Å². The molecular formula is C44H77N3. The summed E-state index contributed by atoms with van der Waals surface area (Å²) in [4.78, 5) is 0. The van der Waals surface area contributed by atoms with E-state index in [1.807, 2.05) is 33.8 Å². The van der Waals surface area contributed by atoms with Gasteiger partial charge in [0.1, 0.15) is 0 Å². The SMILES string of the molecule is C=CCCC.CC.CC.CC1=C/C(C)NNC(C)/C=C\1.CCC(C)(C)CC(C)(C)C1=CC(N)=C(C)CC(C(C)(C)c2ccccc2)=C1. The topological polar surface area (TPSA) is 50.1 Å².